The van der Waals surface area contributed by atoms with Crippen LogP contribution in [0.5, 0.6) is 0 Å². The molecule has 0 radical (unpaired) electrons. The highest BCUT2D eigenvalue weighted by Gasteiger charge is 2.20. The summed E-state index contributed by atoms with van der Waals surface area (Å²) in [5.74, 6) is -0.00256. The van der Waals surface area contributed by atoms with Gasteiger partial charge in [-0.2, -0.15) is 5.10 Å². The maximum atomic E-state index is 12.8. The van der Waals surface area contributed by atoms with Crippen molar-refractivity contribution in [2.45, 2.75) is 27.3 Å². The number of carbonyl (C=O) groups excluding carboxylic acids is 1. The molecule has 0 fully saturated rings. The summed E-state index contributed by atoms with van der Waals surface area (Å²) in [6, 6.07) is 14.7. The van der Waals surface area contributed by atoms with Crippen molar-refractivity contribution in [1.82, 2.24) is 14.9 Å². The maximum absolute atomic E-state index is 12.8. The zero-order valence-corrected chi connectivity index (χ0v) is 18.8. The van der Waals surface area contributed by atoms with E-state index in [2.05, 4.69) is 34.6 Å². The molecule has 0 atom stereocenters. The lowest BCUT2D eigenvalue weighted by molar-refractivity contribution is 0.101. The standard InChI is InChI=1S/C23H20Cl2N4O2/c1-13-6-4-5-7-16(13)12-29-15(3)22(14(2)27-29)26-23(30)20-11-21(31-28-20)18-9-8-17(24)10-19(18)25/h4-11H,12H2,1-3H3,(H,26,30). The van der Waals surface area contributed by atoms with Gasteiger partial charge in [-0.05, 0) is 50.1 Å². The number of amides is 1. The molecule has 0 aliphatic heterocycles. The molecule has 8 heteroatoms. The zero-order chi connectivity index (χ0) is 22.1. The third-order valence-corrected chi connectivity index (χ3v) is 5.69. The van der Waals surface area contributed by atoms with E-state index in [1.807, 2.05) is 30.7 Å². The summed E-state index contributed by atoms with van der Waals surface area (Å²) in [6.07, 6.45) is 0. The first-order valence-electron chi connectivity index (χ1n) is 9.65. The van der Waals surface area contributed by atoms with Crippen molar-refractivity contribution in [3.05, 3.63) is 86.8 Å². The Labute approximate surface area is 189 Å². The molecule has 0 unspecified atom stereocenters. The summed E-state index contributed by atoms with van der Waals surface area (Å²) in [4.78, 5) is 12.8. The number of rotatable bonds is 5. The van der Waals surface area contributed by atoms with Gasteiger partial charge in [-0.3, -0.25) is 9.48 Å². The largest absolute Gasteiger partial charge is 0.355 e. The van der Waals surface area contributed by atoms with Crippen molar-refractivity contribution < 1.29 is 9.32 Å². The predicted octanol–water partition coefficient (Wildman–Crippen LogP) is 6.07. The number of aromatic nitrogens is 3. The van der Waals surface area contributed by atoms with E-state index in [-0.39, 0.29) is 11.6 Å². The Morgan fingerprint density at radius 3 is 2.61 bits per heavy atom. The fourth-order valence-corrected chi connectivity index (χ4v) is 3.86. The Bertz CT molecular complexity index is 1280. The molecule has 2 heterocycles. The molecule has 0 spiro atoms. The topological polar surface area (TPSA) is 73.0 Å². The van der Waals surface area contributed by atoms with Crippen molar-refractivity contribution in [3.63, 3.8) is 0 Å². The summed E-state index contributed by atoms with van der Waals surface area (Å²) < 4.78 is 7.21. The van der Waals surface area contributed by atoms with E-state index in [9.17, 15) is 4.79 Å². The van der Waals surface area contributed by atoms with Gasteiger partial charge in [0.1, 0.15) is 0 Å². The molecule has 0 aliphatic rings. The van der Waals surface area contributed by atoms with Crippen molar-refractivity contribution >= 4 is 34.8 Å². The first-order valence-corrected chi connectivity index (χ1v) is 10.4. The van der Waals surface area contributed by atoms with Gasteiger partial charge in [0.25, 0.3) is 5.91 Å². The summed E-state index contributed by atoms with van der Waals surface area (Å²) in [5.41, 5.74) is 5.36. The van der Waals surface area contributed by atoms with E-state index in [0.29, 0.717) is 33.6 Å². The van der Waals surface area contributed by atoms with E-state index in [4.69, 9.17) is 27.7 Å². The highest BCUT2D eigenvalue weighted by atomic mass is 35.5. The molecule has 158 valence electrons. The number of hydrogen-bond acceptors (Lipinski definition) is 4. The van der Waals surface area contributed by atoms with Crippen molar-refractivity contribution in [3.8, 4) is 11.3 Å². The normalized spacial score (nSPS) is 11.0. The van der Waals surface area contributed by atoms with Crippen molar-refractivity contribution in [1.29, 1.82) is 0 Å². The van der Waals surface area contributed by atoms with Crippen LogP contribution in [0.25, 0.3) is 11.3 Å². The maximum Gasteiger partial charge on any atom is 0.277 e. The third kappa shape index (κ3) is 4.36. The fourth-order valence-electron chi connectivity index (χ4n) is 3.36. The van der Waals surface area contributed by atoms with Gasteiger partial charge in [0, 0.05) is 16.7 Å². The highest BCUT2D eigenvalue weighted by molar-refractivity contribution is 6.36. The Kier molecular flexibility index (Phi) is 5.85. The SMILES string of the molecule is Cc1ccccc1Cn1nc(C)c(NC(=O)c2cc(-c3ccc(Cl)cc3Cl)on2)c1C. The molecule has 6 nitrogen and oxygen atoms in total. The van der Waals surface area contributed by atoms with Crippen LogP contribution in [0.1, 0.15) is 33.0 Å². The molecule has 31 heavy (non-hydrogen) atoms. The minimum atomic E-state index is -0.387. The Morgan fingerprint density at radius 2 is 1.87 bits per heavy atom. The van der Waals surface area contributed by atoms with E-state index in [0.717, 1.165) is 11.4 Å². The lowest BCUT2D eigenvalue weighted by atomic mass is 10.1. The minimum Gasteiger partial charge on any atom is -0.355 e. The Morgan fingerprint density at radius 1 is 1.10 bits per heavy atom. The van der Waals surface area contributed by atoms with Crippen LogP contribution in [0.15, 0.2) is 53.1 Å². The van der Waals surface area contributed by atoms with E-state index >= 15 is 0 Å². The van der Waals surface area contributed by atoms with Crippen LogP contribution >= 0.6 is 23.2 Å². The average molecular weight is 455 g/mol. The summed E-state index contributed by atoms with van der Waals surface area (Å²) in [5, 5.41) is 12.3. The van der Waals surface area contributed by atoms with Crippen LogP contribution in [0, 0.1) is 20.8 Å². The van der Waals surface area contributed by atoms with Gasteiger partial charge in [-0.15, -0.1) is 0 Å². The Balaban J connectivity index is 1.55. The molecule has 0 saturated carbocycles. The van der Waals surface area contributed by atoms with Crippen LogP contribution in [-0.4, -0.2) is 20.8 Å². The second kappa shape index (κ2) is 8.57. The van der Waals surface area contributed by atoms with E-state index < -0.39 is 0 Å². The molecular weight excluding hydrogens is 435 g/mol. The minimum absolute atomic E-state index is 0.145. The van der Waals surface area contributed by atoms with Crippen molar-refractivity contribution in [2.24, 2.45) is 0 Å². The number of carbonyl (C=O) groups is 1. The van der Waals surface area contributed by atoms with Gasteiger partial charge >= 0.3 is 0 Å². The van der Waals surface area contributed by atoms with Crippen LogP contribution in [-0.2, 0) is 6.54 Å². The van der Waals surface area contributed by atoms with Gasteiger partial charge in [0.15, 0.2) is 11.5 Å². The molecule has 0 aliphatic carbocycles. The number of hydrogen-bond donors (Lipinski definition) is 1. The van der Waals surface area contributed by atoms with Crippen LogP contribution < -0.4 is 5.32 Å². The molecule has 2 aromatic heterocycles. The predicted molar refractivity (Wildman–Crippen MR) is 122 cm³/mol. The molecule has 1 amide bonds. The lowest BCUT2D eigenvalue weighted by Crippen LogP contribution is -2.13. The number of aryl methyl sites for hydroxylation is 2. The number of nitrogens with zero attached hydrogens (tertiary/aromatic N) is 3. The smallest absolute Gasteiger partial charge is 0.277 e. The number of nitrogens with one attached hydrogen (secondary N) is 1. The van der Waals surface area contributed by atoms with Crippen LogP contribution in [0.2, 0.25) is 10.0 Å². The zero-order valence-electron chi connectivity index (χ0n) is 17.2. The van der Waals surface area contributed by atoms with E-state index in [1.165, 1.54) is 11.1 Å². The monoisotopic (exact) mass is 454 g/mol. The number of benzene rings is 2. The quantitative estimate of drug-likeness (QED) is 0.396. The molecule has 4 rings (SSSR count). The van der Waals surface area contributed by atoms with Crippen LogP contribution in [0.4, 0.5) is 5.69 Å². The average Bonchev–Trinajstić information content (AvgIpc) is 3.31. The molecule has 2 aromatic carbocycles. The first-order chi connectivity index (χ1) is 14.8. The van der Waals surface area contributed by atoms with Crippen molar-refractivity contribution in [2.75, 3.05) is 5.32 Å². The molecule has 0 bridgehead atoms. The van der Waals surface area contributed by atoms with Gasteiger partial charge in [-0.1, -0.05) is 52.6 Å². The second-order valence-electron chi connectivity index (χ2n) is 7.28. The first kappa shape index (κ1) is 21.2. The van der Waals surface area contributed by atoms with Gasteiger partial charge in [0.05, 0.1) is 28.6 Å². The van der Waals surface area contributed by atoms with E-state index in [1.54, 1.807) is 24.3 Å². The number of halogens is 2. The molecule has 1 N–H and O–H groups in total. The summed E-state index contributed by atoms with van der Waals surface area (Å²) in [6.45, 7) is 6.48. The Hall–Kier alpha value is -3.09. The summed E-state index contributed by atoms with van der Waals surface area (Å²) in [7, 11) is 0. The molecule has 0 saturated heterocycles. The lowest BCUT2D eigenvalue weighted by Gasteiger charge is -2.08. The fraction of sp³-hybridized carbons (Fsp3) is 0.174. The molecular formula is C23H20Cl2N4O2. The third-order valence-electron chi connectivity index (χ3n) is 5.14. The highest BCUT2D eigenvalue weighted by Crippen LogP contribution is 2.31. The van der Waals surface area contributed by atoms with Gasteiger partial charge < -0.3 is 9.84 Å². The van der Waals surface area contributed by atoms with Gasteiger partial charge in [-0.25, -0.2) is 0 Å². The summed E-state index contributed by atoms with van der Waals surface area (Å²) >= 11 is 12.2. The number of anilines is 1. The molecule has 4 aromatic rings. The second-order valence-corrected chi connectivity index (χ2v) is 8.13. The van der Waals surface area contributed by atoms with Crippen LogP contribution in [0.3, 0.4) is 0 Å². The van der Waals surface area contributed by atoms with Gasteiger partial charge in [0.2, 0.25) is 0 Å².